The zero-order valence-electron chi connectivity index (χ0n) is 9.01. The topological polar surface area (TPSA) is 74.4 Å². The maximum Gasteiger partial charge on any atom is 0.279 e. The van der Waals surface area contributed by atoms with Crippen LogP contribution in [0.4, 0.5) is 0 Å². The van der Waals surface area contributed by atoms with Gasteiger partial charge in [0.2, 0.25) is 0 Å². The van der Waals surface area contributed by atoms with Gasteiger partial charge in [-0.3, -0.25) is 9.89 Å². The summed E-state index contributed by atoms with van der Waals surface area (Å²) < 4.78 is 0. The summed E-state index contributed by atoms with van der Waals surface area (Å²) in [6, 6.07) is 0. The van der Waals surface area contributed by atoms with Crippen LogP contribution >= 0.6 is 11.6 Å². The van der Waals surface area contributed by atoms with Crippen LogP contribution in [0.5, 0.6) is 0 Å². The van der Waals surface area contributed by atoms with Gasteiger partial charge >= 0.3 is 0 Å². The van der Waals surface area contributed by atoms with E-state index in [4.69, 9.17) is 11.6 Å². The van der Waals surface area contributed by atoms with E-state index in [1.54, 1.807) is 0 Å². The van der Waals surface area contributed by atoms with E-state index in [0.717, 1.165) is 18.5 Å². The molecule has 5 nitrogen and oxygen atoms in total. The van der Waals surface area contributed by atoms with E-state index in [2.05, 4.69) is 27.1 Å². The van der Waals surface area contributed by atoms with Gasteiger partial charge in [-0.05, 0) is 6.42 Å². The number of nitrogens with one attached hydrogen (secondary N) is 2. The molecule has 0 atom stereocenters. The summed E-state index contributed by atoms with van der Waals surface area (Å²) in [6.45, 7) is 2.07. The van der Waals surface area contributed by atoms with Crippen molar-refractivity contribution in [2.24, 2.45) is 0 Å². The van der Waals surface area contributed by atoms with Gasteiger partial charge in [0.1, 0.15) is 11.3 Å². The van der Waals surface area contributed by atoms with Crippen LogP contribution in [-0.2, 0) is 12.8 Å². The first-order valence-electron chi connectivity index (χ1n) is 5.28. The van der Waals surface area contributed by atoms with Crippen LogP contribution in [0.25, 0.3) is 11.0 Å². The molecule has 2 N–H and O–H groups in total. The first kappa shape index (κ1) is 11.1. The van der Waals surface area contributed by atoms with Crippen LogP contribution in [0.2, 0.25) is 0 Å². The van der Waals surface area contributed by atoms with Crippen molar-refractivity contribution in [2.75, 3.05) is 5.88 Å². The minimum Gasteiger partial charge on any atom is -0.309 e. The van der Waals surface area contributed by atoms with Gasteiger partial charge in [0.25, 0.3) is 5.56 Å². The minimum atomic E-state index is -0.205. The van der Waals surface area contributed by atoms with Gasteiger partial charge < -0.3 is 4.98 Å². The van der Waals surface area contributed by atoms with Crippen molar-refractivity contribution < 1.29 is 0 Å². The molecule has 2 aromatic rings. The number of halogens is 1. The standard InChI is InChI=1S/C10H13ClN4O/c1-2-3-6-8-9(15-14-6)10(16)13-7(12-8)4-5-11/h2-5H2,1H3,(H,14,15)(H,12,13,16). The number of aromatic amines is 2. The van der Waals surface area contributed by atoms with Crippen molar-refractivity contribution in [3.05, 3.63) is 21.9 Å². The van der Waals surface area contributed by atoms with E-state index >= 15 is 0 Å². The average Bonchev–Trinajstić information content (AvgIpc) is 2.63. The van der Waals surface area contributed by atoms with Gasteiger partial charge in [0, 0.05) is 12.3 Å². The Labute approximate surface area is 97.2 Å². The molecule has 0 spiro atoms. The average molecular weight is 241 g/mol. The monoisotopic (exact) mass is 240 g/mol. The van der Waals surface area contributed by atoms with Crippen molar-refractivity contribution >= 4 is 22.6 Å². The van der Waals surface area contributed by atoms with Crippen LogP contribution in [-0.4, -0.2) is 26.0 Å². The second-order valence-electron chi connectivity index (χ2n) is 3.60. The van der Waals surface area contributed by atoms with Gasteiger partial charge in [0.15, 0.2) is 5.52 Å². The fourth-order valence-electron chi connectivity index (χ4n) is 1.64. The SMILES string of the molecule is CCCc1[nH]nc2c(=O)[nH]c(CCCl)nc12. The van der Waals surface area contributed by atoms with E-state index in [0.29, 0.717) is 29.2 Å². The number of hydrogen-bond donors (Lipinski definition) is 2. The van der Waals surface area contributed by atoms with Gasteiger partial charge in [-0.15, -0.1) is 11.6 Å². The molecule has 0 aliphatic carbocycles. The van der Waals surface area contributed by atoms with Gasteiger partial charge in [-0.25, -0.2) is 4.98 Å². The highest BCUT2D eigenvalue weighted by Gasteiger charge is 2.10. The van der Waals surface area contributed by atoms with Gasteiger partial charge in [-0.1, -0.05) is 13.3 Å². The molecule has 0 aliphatic rings. The number of H-pyrrole nitrogens is 2. The molecule has 2 aromatic heterocycles. The minimum absolute atomic E-state index is 0.205. The first-order chi connectivity index (χ1) is 7.76. The van der Waals surface area contributed by atoms with Crippen LogP contribution < -0.4 is 5.56 Å². The number of fused-ring (bicyclic) bond motifs is 1. The summed E-state index contributed by atoms with van der Waals surface area (Å²) in [5.74, 6) is 1.06. The lowest BCUT2D eigenvalue weighted by Gasteiger charge is -1.98. The van der Waals surface area contributed by atoms with Crippen LogP contribution in [0.15, 0.2) is 4.79 Å². The summed E-state index contributed by atoms with van der Waals surface area (Å²) >= 11 is 5.63. The maximum absolute atomic E-state index is 11.7. The maximum atomic E-state index is 11.7. The predicted octanol–water partition coefficient (Wildman–Crippen LogP) is 1.38. The highest BCUT2D eigenvalue weighted by molar-refractivity contribution is 6.17. The summed E-state index contributed by atoms with van der Waals surface area (Å²) in [6.07, 6.45) is 2.38. The van der Waals surface area contributed by atoms with Crippen molar-refractivity contribution in [3.63, 3.8) is 0 Å². The van der Waals surface area contributed by atoms with E-state index in [-0.39, 0.29) is 5.56 Å². The molecule has 86 valence electrons. The number of rotatable bonds is 4. The number of aryl methyl sites for hydroxylation is 2. The molecular formula is C10H13ClN4O. The number of aromatic nitrogens is 4. The van der Waals surface area contributed by atoms with Crippen molar-refractivity contribution in [1.82, 2.24) is 20.2 Å². The highest BCUT2D eigenvalue weighted by Crippen LogP contribution is 2.11. The fourth-order valence-corrected chi connectivity index (χ4v) is 1.82. The van der Waals surface area contributed by atoms with Crippen molar-refractivity contribution in [3.8, 4) is 0 Å². The molecule has 0 bridgehead atoms. The Balaban J connectivity index is 2.57. The Morgan fingerprint density at radius 2 is 2.12 bits per heavy atom. The van der Waals surface area contributed by atoms with Crippen molar-refractivity contribution in [2.45, 2.75) is 26.2 Å². The van der Waals surface area contributed by atoms with Crippen LogP contribution in [0, 0.1) is 0 Å². The fraction of sp³-hybridized carbons (Fsp3) is 0.500. The number of alkyl halides is 1. The molecule has 0 aliphatic heterocycles. The Kier molecular flexibility index (Phi) is 3.24. The third-order valence-electron chi connectivity index (χ3n) is 2.36. The number of hydrogen-bond acceptors (Lipinski definition) is 3. The van der Waals surface area contributed by atoms with E-state index in [1.165, 1.54) is 0 Å². The van der Waals surface area contributed by atoms with E-state index in [1.807, 2.05) is 0 Å². The molecule has 0 saturated heterocycles. The summed E-state index contributed by atoms with van der Waals surface area (Å²) in [7, 11) is 0. The second-order valence-corrected chi connectivity index (χ2v) is 3.98. The normalized spacial score (nSPS) is 11.1. The largest absolute Gasteiger partial charge is 0.309 e. The third-order valence-corrected chi connectivity index (χ3v) is 2.55. The number of nitrogens with zero attached hydrogens (tertiary/aromatic N) is 2. The Bertz CT molecular complexity index is 545. The summed E-state index contributed by atoms with van der Waals surface area (Å²) in [4.78, 5) is 18.7. The molecule has 0 unspecified atom stereocenters. The smallest absolute Gasteiger partial charge is 0.279 e. The van der Waals surface area contributed by atoms with Crippen LogP contribution in [0.1, 0.15) is 24.9 Å². The Hall–Kier alpha value is -1.36. The Morgan fingerprint density at radius 3 is 2.81 bits per heavy atom. The molecule has 0 radical (unpaired) electrons. The van der Waals surface area contributed by atoms with Gasteiger partial charge in [-0.2, -0.15) is 5.10 Å². The lowest BCUT2D eigenvalue weighted by molar-refractivity contribution is 0.870. The lowest BCUT2D eigenvalue weighted by atomic mass is 10.2. The molecule has 6 heteroatoms. The summed E-state index contributed by atoms with van der Waals surface area (Å²) in [5.41, 5.74) is 1.76. The van der Waals surface area contributed by atoms with Crippen LogP contribution in [0.3, 0.4) is 0 Å². The molecular weight excluding hydrogens is 228 g/mol. The van der Waals surface area contributed by atoms with Crippen molar-refractivity contribution in [1.29, 1.82) is 0 Å². The quantitative estimate of drug-likeness (QED) is 0.793. The Morgan fingerprint density at radius 1 is 1.31 bits per heavy atom. The molecule has 0 fully saturated rings. The molecule has 2 rings (SSSR count). The first-order valence-corrected chi connectivity index (χ1v) is 5.81. The molecule has 0 amide bonds. The zero-order valence-corrected chi connectivity index (χ0v) is 9.76. The lowest BCUT2D eigenvalue weighted by Crippen LogP contribution is -2.12. The molecule has 16 heavy (non-hydrogen) atoms. The van der Waals surface area contributed by atoms with E-state index < -0.39 is 0 Å². The molecule has 0 saturated carbocycles. The third kappa shape index (κ3) is 1.95. The van der Waals surface area contributed by atoms with Gasteiger partial charge in [0.05, 0.1) is 5.69 Å². The zero-order chi connectivity index (χ0) is 11.5. The highest BCUT2D eigenvalue weighted by atomic mass is 35.5. The molecule has 0 aromatic carbocycles. The summed E-state index contributed by atoms with van der Waals surface area (Å²) in [5, 5.41) is 6.83. The predicted molar refractivity (Wildman–Crippen MR) is 62.9 cm³/mol. The molecule has 2 heterocycles. The second kappa shape index (κ2) is 4.65. The van der Waals surface area contributed by atoms with E-state index in [9.17, 15) is 4.79 Å².